The molecule has 0 radical (unpaired) electrons. The molecule has 18 heavy (non-hydrogen) atoms. The van der Waals surface area contributed by atoms with Crippen LogP contribution in [0, 0.1) is 0 Å². The van der Waals surface area contributed by atoms with Crippen molar-refractivity contribution in [2.75, 3.05) is 5.88 Å². The molecule has 0 aliphatic heterocycles. The van der Waals surface area contributed by atoms with E-state index in [9.17, 15) is 14.4 Å². The molecule has 0 bridgehead atoms. The Balaban J connectivity index is 3.15. The van der Waals surface area contributed by atoms with Crippen molar-refractivity contribution in [1.29, 1.82) is 0 Å². The van der Waals surface area contributed by atoms with Crippen LogP contribution in [-0.2, 0) is 9.59 Å². The van der Waals surface area contributed by atoms with Crippen LogP contribution < -0.4 is 9.47 Å². The van der Waals surface area contributed by atoms with Gasteiger partial charge in [-0.25, -0.2) is 0 Å². The second kappa shape index (κ2) is 6.16. The number of rotatable bonds is 4. The number of Topliss-reactive ketones (excluding diaryl/α,β-unsaturated/α-hetero) is 1. The van der Waals surface area contributed by atoms with Crippen molar-refractivity contribution in [2.24, 2.45) is 0 Å². The molecule has 0 saturated heterocycles. The van der Waals surface area contributed by atoms with Crippen LogP contribution in [0.1, 0.15) is 24.2 Å². The largest absolute Gasteiger partial charge is 0.427 e. The minimum Gasteiger partial charge on any atom is -0.427 e. The van der Waals surface area contributed by atoms with Gasteiger partial charge in [0.1, 0.15) is 11.5 Å². The van der Waals surface area contributed by atoms with E-state index in [-0.39, 0.29) is 22.9 Å². The number of halogens is 1. The van der Waals surface area contributed by atoms with E-state index in [0.717, 1.165) is 0 Å². The zero-order valence-electron chi connectivity index (χ0n) is 9.86. The van der Waals surface area contributed by atoms with Crippen molar-refractivity contribution in [2.45, 2.75) is 13.8 Å². The predicted molar refractivity (Wildman–Crippen MR) is 64.1 cm³/mol. The van der Waals surface area contributed by atoms with Crippen LogP contribution in [0.2, 0.25) is 0 Å². The molecule has 0 fully saturated rings. The van der Waals surface area contributed by atoms with Crippen molar-refractivity contribution < 1.29 is 23.9 Å². The molecule has 0 amide bonds. The molecular weight excluding hydrogens is 260 g/mol. The molecule has 1 aromatic carbocycles. The number of esters is 2. The normalized spacial score (nSPS) is 9.72. The van der Waals surface area contributed by atoms with E-state index in [1.54, 1.807) is 0 Å². The molecule has 0 unspecified atom stereocenters. The first-order chi connectivity index (χ1) is 8.43. The van der Waals surface area contributed by atoms with Gasteiger partial charge in [-0.3, -0.25) is 14.4 Å². The maximum absolute atomic E-state index is 11.6. The van der Waals surface area contributed by atoms with Crippen LogP contribution in [0.3, 0.4) is 0 Å². The summed E-state index contributed by atoms with van der Waals surface area (Å²) in [6, 6.07) is 4.11. The number of alkyl halides is 1. The Hall–Kier alpha value is -1.88. The summed E-state index contributed by atoms with van der Waals surface area (Å²) >= 11 is 5.46. The summed E-state index contributed by atoms with van der Waals surface area (Å²) in [7, 11) is 0. The summed E-state index contributed by atoms with van der Waals surface area (Å²) in [6.45, 7) is 2.46. The molecular formula is C12H11ClO5. The molecule has 0 heterocycles. The minimum atomic E-state index is -0.557. The lowest BCUT2D eigenvalue weighted by Crippen LogP contribution is -2.10. The lowest BCUT2D eigenvalue weighted by Gasteiger charge is -2.09. The number of carbonyl (C=O) groups excluding carboxylic acids is 3. The summed E-state index contributed by atoms with van der Waals surface area (Å²) in [4.78, 5) is 33.3. The molecule has 1 aromatic rings. The fourth-order valence-corrected chi connectivity index (χ4v) is 1.42. The Morgan fingerprint density at radius 3 is 2.22 bits per heavy atom. The Morgan fingerprint density at radius 1 is 1.11 bits per heavy atom. The van der Waals surface area contributed by atoms with E-state index in [4.69, 9.17) is 21.1 Å². The van der Waals surface area contributed by atoms with Gasteiger partial charge in [-0.05, 0) is 18.2 Å². The summed E-state index contributed by atoms with van der Waals surface area (Å²) in [5, 5.41) is 0. The summed E-state index contributed by atoms with van der Waals surface area (Å²) in [5.41, 5.74) is 0.0963. The fourth-order valence-electron chi connectivity index (χ4n) is 1.27. The highest BCUT2D eigenvalue weighted by atomic mass is 35.5. The van der Waals surface area contributed by atoms with Crippen LogP contribution in [-0.4, -0.2) is 23.6 Å². The Kier molecular flexibility index (Phi) is 4.85. The first-order valence-corrected chi connectivity index (χ1v) is 5.57. The van der Waals surface area contributed by atoms with Gasteiger partial charge in [0, 0.05) is 13.8 Å². The number of hydrogen-bond donors (Lipinski definition) is 0. The van der Waals surface area contributed by atoms with E-state index in [2.05, 4.69) is 0 Å². The lowest BCUT2D eigenvalue weighted by molar-refractivity contribution is -0.133. The molecule has 0 saturated carbocycles. The van der Waals surface area contributed by atoms with Gasteiger partial charge in [-0.1, -0.05) is 0 Å². The molecule has 5 nitrogen and oxygen atoms in total. The number of hydrogen-bond acceptors (Lipinski definition) is 5. The number of carbonyl (C=O) groups is 3. The lowest BCUT2D eigenvalue weighted by atomic mass is 10.1. The van der Waals surface area contributed by atoms with E-state index in [1.807, 2.05) is 0 Å². The second-order valence-electron chi connectivity index (χ2n) is 3.40. The molecule has 0 spiro atoms. The third kappa shape index (κ3) is 3.85. The van der Waals surface area contributed by atoms with Gasteiger partial charge in [-0.15, -0.1) is 11.6 Å². The number of ketones is 1. The van der Waals surface area contributed by atoms with Crippen LogP contribution in [0.5, 0.6) is 11.5 Å². The summed E-state index contributed by atoms with van der Waals surface area (Å²) in [6.07, 6.45) is 0. The molecule has 0 N–H and O–H groups in total. The molecule has 0 aromatic heterocycles. The number of benzene rings is 1. The van der Waals surface area contributed by atoms with Crippen LogP contribution in [0.25, 0.3) is 0 Å². The van der Waals surface area contributed by atoms with Crippen molar-refractivity contribution in [3.8, 4) is 11.5 Å². The minimum absolute atomic E-state index is 0.0871. The molecule has 1 rings (SSSR count). The SMILES string of the molecule is CC(=O)Oc1ccc(OC(C)=O)c(C(=O)CCl)c1. The number of ether oxygens (including phenoxy) is 2. The molecule has 0 aliphatic carbocycles. The van der Waals surface area contributed by atoms with E-state index in [0.29, 0.717) is 0 Å². The Labute approximate surface area is 109 Å². The monoisotopic (exact) mass is 270 g/mol. The fraction of sp³-hybridized carbons (Fsp3) is 0.250. The van der Waals surface area contributed by atoms with Gasteiger partial charge < -0.3 is 9.47 Å². The van der Waals surface area contributed by atoms with Gasteiger partial charge in [0.2, 0.25) is 0 Å². The standard InChI is InChI=1S/C12H11ClO5/c1-7(14)17-9-3-4-12(18-8(2)15)10(5-9)11(16)6-13/h3-5H,6H2,1-2H3. The van der Waals surface area contributed by atoms with E-state index < -0.39 is 17.7 Å². The molecule has 96 valence electrons. The van der Waals surface area contributed by atoms with Crippen molar-refractivity contribution in [1.82, 2.24) is 0 Å². The first-order valence-electron chi connectivity index (χ1n) is 5.04. The average molecular weight is 271 g/mol. The first kappa shape index (κ1) is 14.2. The van der Waals surface area contributed by atoms with Crippen molar-refractivity contribution >= 4 is 29.3 Å². The summed E-state index contributed by atoms with van der Waals surface area (Å²) < 4.78 is 9.70. The Morgan fingerprint density at radius 2 is 1.72 bits per heavy atom. The van der Waals surface area contributed by atoms with Gasteiger partial charge in [-0.2, -0.15) is 0 Å². The third-order valence-electron chi connectivity index (χ3n) is 1.89. The van der Waals surface area contributed by atoms with Crippen LogP contribution >= 0.6 is 11.6 Å². The predicted octanol–water partition coefficient (Wildman–Crippen LogP) is 1.96. The third-order valence-corrected chi connectivity index (χ3v) is 2.13. The van der Waals surface area contributed by atoms with Crippen molar-refractivity contribution in [3.63, 3.8) is 0 Å². The van der Waals surface area contributed by atoms with Crippen LogP contribution in [0.4, 0.5) is 0 Å². The van der Waals surface area contributed by atoms with Gasteiger partial charge in [0.25, 0.3) is 0 Å². The van der Waals surface area contributed by atoms with Gasteiger partial charge >= 0.3 is 11.9 Å². The zero-order chi connectivity index (χ0) is 13.7. The van der Waals surface area contributed by atoms with Gasteiger partial charge in [0.05, 0.1) is 11.4 Å². The zero-order valence-corrected chi connectivity index (χ0v) is 10.6. The topological polar surface area (TPSA) is 69.7 Å². The Bertz CT molecular complexity index is 495. The highest BCUT2D eigenvalue weighted by Crippen LogP contribution is 2.25. The van der Waals surface area contributed by atoms with E-state index in [1.165, 1.54) is 32.0 Å². The highest BCUT2D eigenvalue weighted by Gasteiger charge is 2.15. The molecule has 0 aliphatic rings. The van der Waals surface area contributed by atoms with Crippen molar-refractivity contribution in [3.05, 3.63) is 23.8 Å². The smallest absolute Gasteiger partial charge is 0.308 e. The molecule has 6 heteroatoms. The quantitative estimate of drug-likeness (QED) is 0.362. The molecule has 0 atom stereocenters. The van der Waals surface area contributed by atoms with E-state index >= 15 is 0 Å². The average Bonchev–Trinajstić information content (AvgIpc) is 2.28. The maximum Gasteiger partial charge on any atom is 0.308 e. The summed E-state index contributed by atoms with van der Waals surface area (Å²) in [5.74, 6) is -1.49. The maximum atomic E-state index is 11.6. The van der Waals surface area contributed by atoms with Gasteiger partial charge in [0.15, 0.2) is 5.78 Å². The van der Waals surface area contributed by atoms with Crippen LogP contribution in [0.15, 0.2) is 18.2 Å². The second-order valence-corrected chi connectivity index (χ2v) is 3.67. The highest BCUT2D eigenvalue weighted by molar-refractivity contribution is 6.30.